The number of carbonyl (C=O) groups excluding carboxylic acids is 1. The van der Waals surface area contributed by atoms with Crippen LogP contribution in [0.3, 0.4) is 0 Å². The number of carboxylic acid groups (broad SMARTS) is 1. The summed E-state index contributed by atoms with van der Waals surface area (Å²) in [6.45, 7) is 2.82. The van der Waals surface area contributed by atoms with Crippen LogP contribution in [0.25, 0.3) is 0 Å². The third-order valence-corrected chi connectivity index (χ3v) is 4.58. The van der Waals surface area contributed by atoms with Gasteiger partial charge in [-0.05, 0) is 29.8 Å². The number of hydrogen-bond acceptors (Lipinski definition) is 4. The normalized spacial score (nSPS) is 13.7. The van der Waals surface area contributed by atoms with Crippen LogP contribution in [-0.4, -0.2) is 48.2 Å². The first-order chi connectivity index (χ1) is 13.1. The molecule has 0 saturated carbocycles. The van der Waals surface area contributed by atoms with Crippen LogP contribution in [0.4, 0.5) is 10.5 Å². The lowest BCUT2D eigenvalue weighted by molar-refractivity contribution is 0.0697. The molecular formula is C20H20N4O3. The number of piperazine rings is 1. The van der Waals surface area contributed by atoms with Gasteiger partial charge in [-0.2, -0.15) is 5.26 Å². The van der Waals surface area contributed by atoms with Gasteiger partial charge in [0.2, 0.25) is 0 Å². The number of amides is 2. The van der Waals surface area contributed by atoms with Crippen molar-refractivity contribution in [3.63, 3.8) is 0 Å². The Labute approximate surface area is 157 Å². The number of aromatic carboxylic acids is 1. The van der Waals surface area contributed by atoms with Gasteiger partial charge in [0.05, 0.1) is 16.8 Å². The van der Waals surface area contributed by atoms with Gasteiger partial charge in [0.25, 0.3) is 0 Å². The zero-order valence-electron chi connectivity index (χ0n) is 14.8. The molecule has 3 rings (SSSR count). The maximum absolute atomic E-state index is 12.4. The predicted molar refractivity (Wildman–Crippen MR) is 101 cm³/mol. The number of urea groups is 1. The van der Waals surface area contributed by atoms with Gasteiger partial charge in [-0.3, -0.25) is 0 Å². The summed E-state index contributed by atoms with van der Waals surface area (Å²) < 4.78 is 0. The molecule has 0 radical (unpaired) electrons. The molecule has 2 aromatic rings. The number of rotatable bonds is 4. The van der Waals surface area contributed by atoms with Crippen molar-refractivity contribution < 1.29 is 14.7 Å². The minimum Gasteiger partial charge on any atom is -0.478 e. The Bertz CT molecular complexity index is 866. The molecule has 0 atom stereocenters. The Morgan fingerprint density at radius 1 is 1.04 bits per heavy atom. The van der Waals surface area contributed by atoms with Crippen LogP contribution in [0.2, 0.25) is 0 Å². The number of nitrogens with zero attached hydrogens (tertiary/aromatic N) is 3. The van der Waals surface area contributed by atoms with Crippen molar-refractivity contribution in [2.75, 3.05) is 31.1 Å². The number of nitriles is 1. The number of carboxylic acids is 1. The highest BCUT2D eigenvalue weighted by atomic mass is 16.4. The average Bonchev–Trinajstić information content (AvgIpc) is 2.72. The van der Waals surface area contributed by atoms with Crippen molar-refractivity contribution in [2.45, 2.75) is 6.54 Å². The van der Waals surface area contributed by atoms with Gasteiger partial charge < -0.3 is 20.2 Å². The van der Waals surface area contributed by atoms with Crippen LogP contribution in [0, 0.1) is 11.3 Å². The SMILES string of the molecule is N#Cc1ccccc1N1CCN(C(=O)NCc2ccc(C(=O)O)cc2)CC1. The molecule has 1 saturated heterocycles. The Morgan fingerprint density at radius 2 is 1.70 bits per heavy atom. The van der Waals surface area contributed by atoms with Crippen LogP contribution in [0.1, 0.15) is 21.5 Å². The zero-order chi connectivity index (χ0) is 19.2. The molecule has 1 aliphatic rings. The fourth-order valence-electron chi connectivity index (χ4n) is 3.05. The molecular weight excluding hydrogens is 344 g/mol. The first-order valence-corrected chi connectivity index (χ1v) is 8.67. The minimum absolute atomic E-state index is 0.148. The summed E-state index contributed by atoms with van der Waals surface area (Å²) in [5.74, 6) is -0.971. The van der Waals surface area contributed by atoms with Crippen LogP contribution >= 0.6 is 0 Å². The molecule has 2 amide bonds. The Hall–Kier alpha value is -3.53. The highest BCUT2D eigenvalue weighted by Gasteiger charge is 2.22. The summed E-state index contributed by atoms with van der Waals surface area (Å²) in [5.41, 5.74) is 2.60. The van der Waals surface area contributed by atoms with Gasteiger partial charge >= 0.3 is 12.0 Å². The second kappa shape index (κ2) is 8.23. The maximum atomic E-state index is 12.4. The van der Waals surface area contributed by atoms with E-state index in [1.54, 1.807) is 23.1 Å². The standard InChI is InChI=1S/C20H20N4O3/c21-13-17-3-1-2-4-18(17)23-9-11-24(12-10-23)20(27)22-14-15-5-7-16(8-6-15)19(25)26/h1-8H,9-12,14H2,(H,22,27)(H,25,26). The summed E-state index contributed by atoms with van der Waals surface area (Å²) in [6.07, 6.45) is 0. The van der Waals surface area contributed by atoms with Crippen molar-refractivity contribution in [1.82, 2.24) is 10.2 Å². The molecule has 0 bridgehead atoms. The number of para-hydroxylation sites is 1. The van der Waals surface area contributed by atoms with E-state index >= 15 is 0 Å². The second-order valence-electron chi connectivity index (χ2n) is 6.26. The maximum Gasteiger partial charge on any atom is 0.335 e. The third kappa shape index (κ3) is 4.36. The Morgan fingerprint density at radius 3 is 2.33 bits per heavy atom. The van der Waals surface area contributed by atoms with E-state index in [9.17, 15) is 14.9 Å². The van der Waals surface area contributed by atoms with E-state index in [1.165, 1.54) is 12.1 Å². The van der Waals surface area contributed by atoms with E-state index in [4.69, 9.17) is 5.11 Å². The van der Waals surface area contributed by atoms with E-state index in [0.29, 0.717) is 38.3 Å². The number of nitrogens with one attached hydrogen (secondary N) is 1. The molecule has 0 spiro atoms. The molecule has 0 aliphatic carbocycles. The van der Waals surface area contributed by atoms with E-state index in [2.05, 4.69) is 16.3 Å². The van der Waals surface area contributed by atoms with Gasteiger partial charge in [-0.1, -0.05) is 24.3 Å². The van der Waals surface area contributed by atoms with Gasteiger partial charge in [0.1, 0.15) is 6.07 Å². The molecule has 1 aliphatic heterocycles. The van der Waals surface area contributed by atoms with E-state index in [-0.39, 0.29) is 11.6 Å². The van der Waals surface area contributed by atoms with Gasteiger partial charge in [0, 0.05) is 32.7 Å². The summed E-state index contributed by atoms with van der Waals surface area (Å²) in [4.78, 5) is 27.1. The molecule has 0 aromatic heterocycles. The molecule has 7 nitrogen and oxygen atoms in total. The lowest BCUT2D eigenvalue weighted by atomic mass is 10.1. The van der Waals surface area contributed by atoms with Gasteiger partial charge in [0.15, 0.2) is 0 Å². The first-order valence-electron chi connectivity index (χ1n) is 8.67. The van der Waals surface area contributed by atoms with Crippen molar-refractivity contribution in [2.24, 2.45) is 0 Å². The monoisotopic (exact) mass is 364 g/mol. The Kier molecular flexibility index (Phi) is 5.57. The highest BCUT2D eigenvalue weighted by Crippen LogP contribution is 2.21. The van der Waals surface area contributed by atoms with E-state index in [1.807, 2.05) is 18.2 Å². The first kappa shape index (κ1) is 18.3. The van der Waals surface area contributed by atoms with Gasteiger partial charge in [-0.25, -0.2) is 9.59 Å². The average molecular weight is 364 g/mol. The summed E-state index contributed by atoms with van der Waals surface area (Å²) in [7, 11) is 0. The molecule has 138 valence electrons. The molecule has 1 heterocycles. The molecule has 27 heavy (non-hydrogen) atoms. The van der Waals surface area contributed by atoms with Gasteiger partial charge in [-0.15, -0.1) is 0 Å². The topological polar surface area (TPSA) is 96.7 Å². The Balaban J connectivity index is 1.51. The van der Waals surface area contributed by atoms with Crippen LogP contribution in [0.5, 0.6) is 0 Å². The largest absolute Gasteiger partial charge is 0.478 e. The van der Waals surface area contributed by atoms with E-state index in [0.717, 1.165) is 11.3 Å². The molecule has 1 fully saturated rings. The summed E-state index contributed by atoms with van der Waals surface area (Å²) in [5, 5.41) is 21.0. The van der Waals surface area contributed by atoms with Crippen molar-refractivity contribution in [3.8, 4) is 6.07 Å². The predicted octanol–water partition coefficient (Wildman–Crippen LogP) is 2.29. The van der Waals surface area contributed by atoms with Crippen LogP contribution < -0.4 is 10.2 Å². The molecule has 0 unspecified atom stereocenters. The molecule has 7 heteroatoms. The number of benzene rings is 2. The summed E-state index contributed by atoms with van der Waals surface area (Å²) in [6, 6.07) is 16.0. The van der Waals surface area contributed by atoms with E-state index < -0.39 is 5.97 Å². The van der Waals surface area contributed by atoms with Crippen molar-refractivity contribution in [1.29, 1.82) is 5.26 Å². The fourth-order valence-corrected chi connectivity index (χ4v) is 3.05. The smallest absolute Gasteiger partial charge is 0.335 e. The molecule has 2 aromatic carbocycles. The van der Waals surface area contributed by atoms with Crippen LogP contribution in [-0.2, 0) is 6.54 Å². The quantitative estimate of drug-likeness (QED) is 0.868. The second-order valence-corrected chi connectivity index (χ2v) is 6.26. The fraction of sp³-hybridized carbons (Fsp3) is 0.250. The third-order valence-electron chi connectivity index (χ3n) is 4.58. The number of carbonyl (C=O) groups is 2. The number of hydrogen-bond donors (Lipinski definition) is 2. The number of anilines is 1. The van der Waals surface area contributed by atoms with Crippen molar-refractivity contribution >= 4 is 17.7 Å². The minimum atomic E-state index is -0.971. The van der Waals surface area contributed by atoms with Crippen LogP contribution in [0.15, 0.2) is 48.5 Å². The van der Waals surface area contributed by atoms with Crippen molar-refractivity contribution in [3.05, 3.63) is 65.2 Å². The summed E-state index contributed by atoms with van der Waals surface area (Å²) >= 11 is 0. The lowest BCUT2D eigenvalue weighted by Gasteiger charge is -2.36. The highest BCUT2D eigenvalue weighted by molar-refractivity contribution is 5.87. The molecule has 2 N–H and O–H groups in total. The zero-order valence-corrected chi connectivity index (χ0v) is 14.8. The lowest BCUT2D eigenvalue weighted by Crippen LogP contribution is -2.51.